The molecule has 0 aliphatic carbocycles. The lowest BCUT2D eigenvalue weighted by molar-refractivity contribution is -0.155. The smallest absolute Gasteiger partial charge is 0.323 e. The maximum absolute atomic E-state index is 13.4. The first kappa shape index (κ1) is 22.6. The Morgan fingerprint density at radius 1 is 1.27 bits per heavy atom. The first-order valence-corrected chi connectivity index (χ1v) is 10.6. The first-order chi connectivity index (χ1) is 15.9. The Balaban J connectivity index is 1.45. The highest BCUT2D eigenvalue weighted by atomic mass is 35.5. The van der Waals surface area contributed by atoms with E-state index in [0.717, 1.165) is 0 Å². The van der Waals surface area contributed by atoms with E-state index in [9.17, 15) is 14.0 Å². The lowest BCUT2D eigenvalue weighted by Gasteiger charge is -2.30. The summed E-state index contributed by atoms with van der Waals surface area (Å²) in [6, 6.07) is 9.19. The summed E-state index contributed by atoms with van der Waals surface area (Å²) >= 11 is 5.86. The molecule has 8 nitrogen and oxygen atoms in total. The molecule has 170 valence electrons. The van der Waals surface area contributed by atoms with Crippen LogP contribution in [0, 0.1) is 5.82 Å². The van der Waals surface area contributed by atoms with Crippen LogP contribution in [0.1, 0.15) is 6.92 Å². The summed E-state index contributed by atoms with van der Waals surface area (Å²) in [5, 5.41) is 6.57. The third-order valence-electron chi connectivity index (χ3n) is 5.21. The molecule has 1 atom stereocenters. The summed E-state index contributed by atoms with van der Waals surface area (Å²) in [6.07, 6.45) is 4.55. The van der Waals surface area contributed by atoms with Crippen molar-refractivity contribution in [1.29, 1.82) is 0 Å². The molecule has 0 radical (unpaired) electrons. The number of hydrogen-bond acceptors (Lipinski definition) is 7. The van der Waals surface area contributed by atoms with Crippen molar-refractivity contribution in [3.63, 3.8) is 0 Å². The lowest BCUT2D eigenvalue weighted by atomic mass is 10.2. The predicted octanol–water partition coefficient (Wildman–Crippen LogP) is 3.91. The molecule has 33 heavy (non-hydrogen) atoms. The largest absolute Gasteiger partial charge is 0.463 e. The zero-order valence-corrected chi connectivity index (χ0v) is 18.5. The quantitative estimate of drug-likeness (QED) is 0.417. The van der Waals surface area contributed by atoms with E-state index in [2.05, 4.69) is 20.6 Å². The number of ether oxygens (including phenoxy) is 1. The van der Waals surface area contributed by atoms with E-state index in [-0.39, 0.29) is 22.9 Å². The number of benzene rings is 2. The van der Waals surface area contributed by atoms with Gasteiger partial charge in [-0.05, 0) is 43.3 Å². The molecule has 4 rings (SSSR count). The van der Waals surface area contributed by atoms with Crippen LogP contribution in [0.15, 0.2) is 54.9 Å². The van der Waals surface area contributed by atoms with Crippen molar-refractivity contribution in [2.24, 2.45) is 0 Å². The number of carbonyl (C=O) groups is 2. The molecule has 0 unspecified atom stereocenters. The fourth-order valence-corrected chi connectivity index (χ4v) is 3.58. The van der Waals surface area contributed by atoms with Crippen molar-refractivity contribution in [2.45, 2.75) is 13.0 Å². The summed E-state index contributed by atoms with van der Waals surface area (Å²) in [5.41, 5.74) is 1.79. The van der Waals surface area contributed by atoms with Gasteiger partial charge in [0.05, 0.1) is 10.5 Å². The zero-order valence-electron chi connectivity index (χ0n) is 17.7. The second kappa shape index (κ2) is 9.93. The summed E-state index contributed by atoms with van der Waals surface area (Å²) in [4.78, 5) is 34.4. The summed E-state index contributed by atoms with van der Waals surface area (Å²) in [7, 11) is 0. The van der Waals surface area contributed by atoms with E-state index in [1.807, 2.05) is 4.90 Å². The van der Waals surface area contributed by atoms with Crippen LogP contribution in [0.4, 0.5) is 21.6 Å². The third-order valence-corrected chi connectivity index (χ3v) is 5.50. The molecule has 1 aliphatic heterocycles. The van der Waals surface area contributed by atoms with Gasteiger partial charge in [0.1, 0.15) is 30.6 Å². The van der Waals surface area contributed by atoms with Gasteiger partial charge in [-0.15, -0.1) is 0 Å². The van der Waals surface area contributed by atoms with Crippen molar-refractivity contribution in [3.8, 4) is 0 Å². The Bertz CT molecular complexity index is 1240. The normalized spacial score (nSPS) is 16.7. The number of fused-ring (bicyclic) bond motifs is 1. The molecule has 3 aromatic rings. The van der Waals surface area contributed by atoms with E-state index < -0.39 is 5.82 Å². The standard InChI is InChI=1S/C23H21ClFN5O3/c1-14-23(32)33-10-9-30(14)8-2-3-21(31)28-15-5-7-20-17(11-15)22(27-13-26-20)29-16-4-6-19(25)18(24)12-16/h2-7,11-14H,8-10H2,1H3,(H,28,31)(H,26,27,29)/t14-/m0/s1. The Morgan fingerprint density at radius 3 is 2.91 bits per heavy atom. The molecular formula is C23H21ClFN5O3. The van der Waals surface area contributed by atoms with Crippen LogP contribution in [-0.4, -0.2) is 52.5 Å². The van der Waals surface area contributed by atoms with E-state index >= 15 is 0 Å². The number of hydrogen-bond donors (Lipinski definition) is 2. The fraction of sp³-hybridized carbons (Fsp3) is 0.217. The number of carbonyl (C=O) groups excluding carboxylic acids is 2. The molecule has 0 spiro atoms. The van der Waals surface area contributed by atoms with Crippen molar-refractivity contribution < 1.29 is 18.7 Å². The fourth-order valence-electron chi connectivity index (χ4n) is 3.40. The van der Waals surface area contributed by atoms with Crippen LogP contribution in [0.25, 0.3) is 10.9 Å². The zero-order chi connectivity index (χ0) is 23.4. The number of morpholine rings is 1. The average Bonchev–Trinajstić information content (AvgIpc) is 2.79. The number of amides is 1. The Hall–Kier alpha value is -3.56. The van der Waals surface area contributed by atoms with Gasteiger partial charge in [-0.3, -0.25) is 14.5 Å². The highest BCUT2D eigenvalue weighted by molar-refractivity contribution is 6.31. The molecule has 2 aromatic carbocycles. The number of cyclic esters (lactones) is 1. The maximum Gasteiger partial charge on any atom is 0.323 e. The van der Waals surface area contributed by atoms with E-state index in [0.29, 0.717) is 47.8 Å². The van der Waals surface area contributed by atoms with Crippen LogP contribution < -0.4 is 10.6 Å². The topological polar surface area (TPSA) is 96.5 Å². The van der Waals surface area contributed by atoms with Crippen LogP contribution >= 0.6 is 11.6 Å². The maximum atomic E-state index is 13.4. The number of nitrogens with one attached hydrogen (secondary N) is 2. The van der Waals surface area contributed by atoms with Crippen LogP contribution in [0.3, 0.4) is 0 Å². The van der Waals surface area contributed by atoms with Gasteiger partial charge >= 0.3 is 5.97 Å². The van der Waals surface area contributed by atoms with Crippen LogP contribution in [0.5, 0.6) is 0 Å². The number of anilines is 3. The Labute approximate surface area is 194 Å². The predicted molar refractivity (Wildman–Crippen MR) is 124 cm³/mol. The van der Waals surface area contributed by atoms with E-state index in [4.69, 9.17) is 16.3 Å². The molecule has 0 bridgehead atoms. The molecule has 1 saturated heterocycles. The van der Waals surface area contributed by atoms with Gasteiger partial charge in [0.15, 0.2) is 0 Å². The van der Waals surface area contributed by atoms with Gasteiger partial charge in [0.25, 0.3) is 0 Å². The highest BCUT2D eigenvalue weighted by Gasteiger charge is 2.26. The van der Waals surface area contributed by atoms with Crippen molar-refractivity contribution in [2.75, 3.05) is 30.3 Å². The van der Waals surface area contributed by atoms with Crippen molar-refractivity contribution in [3.05, 3.63) is 65.7 Å². The lowest BCUT2D eigenvalue weighted by Crippen LogP contribution is -2.47. The van der Waals surface area contributed by atoms with Gasteiger partial charge in [-0.1, -0.05) is 17.7 Å². The second-order valence-electron chi connectivity index (χ2n) is 7.44. The van der Waals surface area contributed by atoms with Crippen molar-refractivity contribution in [1.82, 2.24) is 14.9 Å². The number of rotatable bonds is 6. The molecule has 10 heteroatoms. The third kappa shape index (κ3) is 5.44. The van der Waals surface area contributed by atoms with Gasteiger partial charge in [0, 0.05) is 35.9 Å². The van der Waals surface area contributed by atoms with Gasteiger partial charge in [0.2, 0.25) is 5.91 Å². The molecule has 1 aliphatic rings. The summed E-state index contributed by atoms with van der Waals surface area (Å²) in [5.74, 6) is -0.592. The summed E-state index contributed by atoms with van der Waals surface area (Å²) < 4.78 is 18.4. The minimum absolute atomic E-state index is 0.00561. The molecule has 1 aromatic heterocycles. The average molecular weight is 470 g/mol. The van der Waals surface area contributed by atoms with Gasteiger partial charge < -0.3 is 15.4 Å². The highest BCUT2D eigenvalue weighted by Crippen LogP contribution is 2.27. The number of nitrogens with zero attached hydrogens (tertiary/aromatic N) is 3. The number of halogens is 2. The summed E-state index contributed by atoms with van der Waals surface area (Å²) in [6.45, 7) is 3.21. The molecule has 2 N–H and O–H groups in total. The van der Waals surface area contributed by atoms with E-state index in [1.165, 1.54) is 24.5 Å². The SMILES string of the molecule is C[C@H]1C(=O)OCCN1CC=CC(=O)Nc1ccc2ncnc(Nc3ccc(F)c(Cl)c3)c2c1. The number of aromatic nitrogens is 2. The molecule has 1 amide bonds. The van der Waals surface area contributed by atoms with Crippen LogP contribution in [-0.2, 0) is 14.3 Å². The van der Waals surface area contributed by atoms with Gasteiger partial charge in [-0.2, -0.15) is 0 Å². The van der Waals surface area contributed by atoms with E-state index in [1.54, 1.807) is 37.3 Å². The first-order valence-electron chi connectivity index (χ1n) is 10.3. The molecule has 1 fully saturated rings. The van der Waals surface area contributed by atoms with Gasteiger partial charge in [-0.25, -0.2) is 14.4 Å². The molecule has 0 saturated carbocycles. The Kier molecular flexibility index (Phi) is 6.81. The second-order valence-corrected chi connectivity index (χ2v) is 7.85. The minimum Gasteiger partial charge on any atom is -0.463 e. The number of esters is 1. The Morgan fingerprint density at radius 2 is 2.09 bits per heavy atom. The van der Waals surface area contributed by atoms with Crippen molar-refractivity contribution >= 4 is 51.6 Å². The monoisotopic (exact) mass is 469 g/mol. The molecular weight excluding hydrogens is 449 g/mol. The van der Waals surface area contributed by atoms with Crippen LogP contribution in [0.2, 0.25) is 5.02 Å². The minimum atomic E-state index is -0.512. The molecule has 2 heterocycles.